The van der Waals surface area contributed by atoms with Crippen LogP contribution in [0.4, 0.5) is 10.1 Å². The zero-order valence-corrected chi connectivity index (χ0v) is 10.9. The van der Waals surface area contributed by atoms with E-state index in [4.69, 9.17) is 21.4 Å². The highest BCUT2D eigenvalue weighted by Gasteiger charge is 2.17. The lowest BCUT2D eigenvalue weighted by atomic mass is 10.2. The molecule has 0 amide bonds. The standard InChI is InChI=1S/C12H6ClFN2O5/c13-9-4-7(16(19)20)1-2-10(9)21-11-8(12(17)18)3-6(14)5-15-11/h1-5H,(H,17,18). The minimum Gasteiger partial charge on any atom is -0.477 e. The first-order chi connectivity index (χ1) is 9.88. The smallest absolute Gasteiger partial charge is 0.341 e. The zero-order valence-electron chi connectivity index (χ0n) is 10.1. The average Bonchev–Trinajstić information content (AvgIpc) is 2.42. The number of carbonyl (C=O) groups is 1. The van der Waals surface area contributed by atoms with Gasteiger partial charge in [0.15, 0.2) is 0 Å². The molecule has 2 aromatic rings. The Morgan fingerprint density at radius 3 is 2.71 bits per heavy atom. The number of nitro benzene ring substituents is 1. The molecule has 0 fully saturated rings. The van der Waals surface area contributed by atoms with Crippen molar-refractivity contribution in [1.29, 1.82) is 0 Å². The molecular weight excluding hydrogens is 307 g/mol. The number of nitrogens with zero attached hydrogens (tertiary/aromatic N) is 2. The third kappa shape index (κ3) is 3.23. The molecule has 1 aromatic carbocycles. The Kier molecular flexibility index (Phi) is 3.99. The van der Waals surface area contributed by atoms with Crippen molar-refractivity contribution in [1.82, 2.24) is 4.98 Å². The van der Waals surface area contributed by atoms with Crippen LogP contribution in [-0.2, 0) is 0 Å². The third-order valence-electron chi connectivity index (χ3n) is 2.38. The fourth-order valence-electron chi connectivity index (χ4n) is 1.45. The van der Waals surface area contributed by atoms with E-state index in [0.717, 1.165) is 24.4 Å². The van der Waals surface area contributed by atoms with Crippen molar-refractivity contribution in [2.24, 2.45) is 0 Å². The molecule has 1 aromatic heterocycles. The number of ether oxygens (including phenoxy) is 1. The molecule has 0 unspecified atom stereocenters. The number of rotatable bonds is 4. The van der Waals surface area contributed by atoms with E-state index in [0.29, 0.717) is 0 Å². The molecule has 2 rings (SSSR count). The van der Waals surface area contributed by atoms with Gasteiger partial charge in [0.25, 0.3) is 5.69 Å². The fourth-order valence-corrected chi connectivity index (χ4v) is 1.66. The van der Waals surface area contributed by atoms with Gasteiger partial charge in [-0.2, -0.15) is 0 Å². The summed E-state index contributed by atoms with van der Waals surface area (Å²) >= 11 is 5.81. The monoisotopic (exact) mass is 312 g/mol. The maximum atomic E-state index is 13.0. The van der Waals surface area contributed by atoms with Crippen molar-refractivity contribution < 1.29 is 24.0 Å². The van der Waals surface area contributed by atoms with Gasteiger partial charge in [-0.15, -0.1) is 0 Å². The summed E-state index contributed by atoms with van der Waals surface area (Å²) in [4.78, 5) is 24.4. The number of carboxylic acids is 1. The minimum absolute atomic E-state index is 0.0381. The molecule has 0 bridgehead atoms. The summed E-state index contributed by atoms with van der Waals surface area (Å²) in [7, 11) is 0. The first-order valence-electron chi connectivity index (χ1n) is 5.39. The lowest BCUT2D eigenvalue weighted by molar-refractivity contribution is -0.384. The number of hydrogen-bond acceptors (Lipinski definition) is 5. The van der Waals surface area contributed by atoms with E-state index in [1.165, 1.54) is 6.07 Å². The number of aromatic nitrogens is 1. The summed E-state index contributed by atoms with van der Waals surface area (Å²) in [6.07, 6.45) is 0.779. The van der Waals surface area contributed by atoms with Gasteiger partial charge in [0.2, 0.25) is 5.88 Å². The number of benzene rings is 1. The summed E-state index contributed by atoms with van der Waals surface area (Å²) in [6, 6.07) is 4.10. The summed E-state index contributed by atoms with van der Waals surface area (Å²) in [5.41, 5.74) is -0.748. The van der Waals surface area contributed by atoms with Crippen LogP contribution in [0.15, 0.2) is 30.5 Å². The Hall–Kier alpha value is -2.74. The average molecular weight is 313 g/mol. The molecule has 0 aliphatic rings. The highest BCUT2D eigenvalue weighted by molar-refractivity contribution is 6.32. The number of aromatic carboxylic acids is 1. The van der Waals surface area contributed by atoms with E-state index in [9.17, 15) is 19.3 Å². The molecule has 0 saturated heterocycles. The lowest BCUT2D eigenvalue weighted by Crippen LogP contribution is -2.03. The van der Waals surface area contributed by atoms with Gasteiger partial charge in [0.05, 0.1) is 16.1 Å². The summed E-state index contributed by atoms with van der Waals surface area (Å²) in [5.74, 6) is -2.69. The molecular formula is C12H6ClFN2O5. The van der Waals surface area contributed by atoms with Gasteiger partial charge >= 0.3 is 5.97 Å². The molecule has 21 heavy (non-hydrogen) atoms. The second-order valence-corrected chi connectivity index (χ2v) is 4.19. The van der Waals surface area contributed by atoms with Crippen LogP contribution in [0.3, 0.4) is 0 Å². The Balaban J connectivity index is 2.39. The second kappa shape index (κ2) is 5.71. The molecule has 1 heterocycles. The maximum Gasteiger partial charge on any atom is 0.341 e. The van der Waals surface area contributed by atoms with Gasteiger partial charge in [-0.25, -0.2) is 14.2 Å². The Morgan fingerprint density at radius 1 is 1.43 bits per heavy atom. The highest BCUT2D eigenvalue weighted by Crippen LogP contribution is 2.32. The summed E-state index contributed by atoms with van der Waals surface area (Å²) in [5, 5.41) is 19.4. The van der Waals surface area contributed by atoms with Gasteiger partial charge in [0, 0.05) is 12.1 Å². The predicted molar refractivity (Wildman–Crippen MR) is 69.3 cm³/mol. The molecule has 0 atom stereocenters. The predicted octanol–water partition coefficient (Wildman–Crippen LogP) is 3.27. The van der Waals surface area contributed by atoms with Crippen molar-refractivity contribution in [3.63, 3.8) is 0 Å². The minimum atomic E-state index is -1.44. The van der Waals surface area contributed by atoms with E-state index < -0.39 is 22.3 Å². The number of hydrogen-bond donors (Lipinski definition) is 1. The van der Waals surface area contributed by atoms with Gasteiger partial charge in [-0.1, -0.05) is 11.6 Å². The number of pyridine rings is 1. The third-order valence-corrected chi connectivity index (χ3v) is 2.68. The van der Waals surface area contributed by atoms with E-state index >= 15 is 0 Å². The fraction of sp³-hybridized carbons (Fsp3) is 0. The van der Waals surface area contributed by atoms with Crippen LogP contribution in [0.25, 0.3) is 0 Å². The van der Waals surface area contributed by atoms with Gasteiger partial charge < -0.3 is 9.84 Å². The van der Waals surface area contributed by atoms with E-state index in [2.05, 4.69) is 4.98 Å². The first-order valence-corrected chi connectivity index (χ1v) is 5.77. The summed E-state index contributed by atoms with van der Waals surface area (Å²) < 4.78 is 18.2. The number of non-ortho nitro benzene ring substituents is 1. The van der Waals surface area contributed by atoms with Gasteiger partial charge in [-0.05, 0) is 12.1 Å². The van der Waals surface area contributed by atoms with Crippen molar-refractivity contribution in [2.75, 3.05) is 0 Å². The first kappa shape index (κ1) is 14.7. The van der Waals surface area contributed by atoms with Crippen molar-refractivity contribution in [2.45, 2.75) is 0 Å². The van der Waals surface area contributed by atoms with Crippen LogP contribution >= 0.6 is 11.6 Å². The molecule has 0 aliphatic heterocycles. The van der Waals surface area contributed by atoms with Crippen LogP contribution in [-0.4, -0.2) is 21.0 Å². The number of carboxylic acid groups (broad SMARTS) is 1. The molecule has 0 spiro atoms. The van der Waals surface area contributed by atoms with E-state index in [-0.39, 0.29) is 22.3 Å². The highest BCUT2D eigenvalue weighted by atomic mass is 35.5. The number of halogens is 2. The Labute approximate surface area is 121 Å². The molecule has 1 N–H and O–H groups in total. The zero-order chi connectivity index (χ0) is 15.6. The lowest BCUT2D eigenvalue weighted by Gasteiger charge is -2.08. The molecule has 0 saturated carbocycles. The van der Waals surface area contributed by atoms with Crippen LogP contribution in [0.2, 0.25) is 5.02 Å². The van der Waals surface area contributed by atoms with Gasteiger partial charge in [-0.3, -0.25) is 10.1 Å². The molecule has 0 aliphatic carbocycles. The molecule has 7 nitrogen and oxygen atoms in total. The molecule has 9 heteroatoms. The largest absolute Gasteiger partial charge is 0.477 e. The number of nitro groups is 1. The maximum absolute atomic E-state index is 13.0. The van der Waals surface area contributed by atoms with Crippen molar-refractivity contribution >= 4 is 23.3 Å². The topological polar surface area (TPSA) is 103 Å². The molecule has 0 radical (unpaired) electrons. The van der Waals surface area contributed by atoms with Crippen LogP contribution in [0.5, 0.6) is 11.6 Å². The Bertz CT molecular complexity index is 738. The normalized spacial score (nSPS) is 10.2. The van der Waals surface area contributed by atoms with Crippen LogP contribution in [0, 0.1) is 15.9 Å². The van der Waals surface area contributed by atoms with Gasteiger partial charge in [0.1, 0.15) is 17.1 Å². The quantitative estimate of drug-likeness (QED) is 0.686. The van der Waals surface area contributed by atoms with Crippen molar-refractivity contribution in [3.05, 3.63) is 57.0 Å². The van der Waals surface area contributed by atoms with Crippen molar-refractivity contribution in [3.8, 4) is 11.6 Å². The van der Waals surface area contributed by atoms with E-state index in [1.807, 2.05) is 0 Å². The summed E-state index contributed by atoms with van der Waals surface area (Å²) in [6.45, 7) is 0. The molecule has 108 valence electrons. The van der Waals surface area contributed by atoms with Crippen LogP contribution < -0.4 is 4.74 Å². The van der Waals surface area contributed by atoms with Crippen LogP contribution in [0.1, 0.15) is 10.4 Å². The second-order valence-electron chi connectivity index (χ2n) is 3.79. The van der Waals surface area contributed by atoms with E-state index in [1.54, 1.807) is 0 Å². The SMILES string of the molecule is O=C(O)c1cc(F)cnc1Oc1ccc([N+](=O)[O-])cc1Cl. The Morgan fingerprint density at radius 2 is 2.14 bits per heavy atom.